The van der Waals surface area contributed by atoms with Crippen LogP contribution in [0.5, 0.6) is 0 Å². The lowest BCUT2D eigenvalue weighted by Crippen LogP contribution is -2.30. The van der Waals surface area contributed by atoms with E-state index in [9.17, 15) is 9.59 Å². The fourth-order valence-electron chi connectivity index (χ4n) is 3.14. The molecule has 1 atom stereocenters. The monoisotopic (exact) mass is 327 g/mol. The van der Waals surface area contributed by atoms with Crippen LogP contribution in [-0.4, -0.2) is 44.8 Å². The Kier molecular flexibility index (Phi) is 4.38. The van der Waals surface area contributed by atoms with Crippen molar-refractivity contribution < 1.29 is 14.7 Å². The van der Waals surface area contributed by atoms with Gasteiger partial charge in [-0.2, -0.15) is 5.10 Å². The van der Waals surface area contributed by atoms with Gasteiger partial charge in [-0.25, -0.2) is 0 Å². The summed E-state index contributed by atoms with van der Waals surface area (Å²) in [5.41, 5.74) is 3.64. The molecule has 126 valence electrons. The summed E-state index contributed by atoms with van der Waals surface area (Å²) in [5.74, 6) is -1.38. The SMILES string of the molecule is Cc1cc(C)n(Cc2cccc(C(=O)N3CCC(C(=O)O)C3)c2)n1. The summed E-state index contributed by atoms with van der Waals surface area (Å²) < 4.78 is 1.91. The molecule has 0 radical (unpaired) electrons. The van der Waals surface area contributed by atoms with Crippen molar-refractivity contribution in [3.05, 3.63) is 52.8 Å². The molecule has 2 aromatic rings. The zero-order valence-electron chi connectivity index (χ0n) is 13.9. The van der Waals surface area contributed by atoms with Crippen molar-refractivity contribution >= 4 is 11.9 Å². The zero-order valence-corrected chi connectivity index (χ0v) is 13.9. The number of rotatable bonds is 4. The number of nitrogens with zero attached hydrogens (tertiary/aromatic N) is 3. The third-order valence-electron chi connectivity index (χ3n) is 4.43. The largest absolute Gasteiger partial charge is 0.481 e. The van der Waals surface area contributed by atoms with E-state index in [-0.39, 0.29) is 12.5 Å². The Bertz CT molecular complexity index is 782. The highest BCUT2D eigenvalue weighted by atomic mass is 16.4. The summed E-state index contributed by atoms with van der Waals surface area (Å²) in [7, 11) is 0. The highest BCUT2D eigenvalue weighted by Gasteiger charge is 2.31. The molecule has 6 nitrogen and oxygen atoms in total. The zero-order chi connectivity index (χ0) is 17.3. The second-order valence-corrected chi connectivity index (χ2v) is 6.36. The average Bonchev–Trinajstić information content (AvgIpc) is 3.14. The van der Waals surface area contributed by atoms with Gasteiger partial charge in [-0.3, -0.25) is 14.3 Å². The molecule has 2 heterocycles. The highest BCUT2D eigenvalue weighted by molar-refractivity contribution is 5.95. The summed E-state index contributed by atoms with van der Waals surface area (Å²) in [4.78, 5) is 25.3. The Morgan fingerprint density at radius 3 is 2.71 bits per heavy atom. The number of aliphatic carboxylic acids is 1. The maximum absolute atomic E-state index is 12.6. The van der Waals surface area contributed by atoms with Crippen LogP contribution in [0.1, 0.15) is 33.7 Å². The van der Waals surface area contributed by atoms with Crippen molar-refractivity contribution in [2.75, 3.05) is 13.1 Å². The molecule has 1 aliphatic heterocycles. The van der Waals surface area contributed by atoms with E-state index >= 15 is 0 Å². The number of aromatic nitrogens is 2. The van der Waals surface area contributed by atoms with Gasteiger partial charge in [-0.05, 0) is 44.0 Å². The normalized spacial score (nSPS) is 17.2. The van der Waals surface area contributed by atoms with Crippen molar-refractivity contribution in [1.29, 1.82) is 0 Å². The number of carbonyl (C=O) groups is 2. The van der Waals surface area contributed by atoms with E-state index < -0.39 is 11.9 Å². The van der Waals surface area contributed by atoms with Crippen LogP contribution in [0.4, 0.5) is 0 Å². The minimum absolute atomic E-state index is 0.103. The summed E-state index contributed by atoms with van der Waals surface area (Å²) in [6.07, 6.45) is 0.520. The molecule has 6 heteroatoms. The summed E-state index contributed by atoms with van der Waals surface area (Å²) in [6, 6.07) is 9.50. The molecule has 1 N–H and O–H groups in total. The predicted molar refractivity (Wildman–Crippen MR) is 88.9 cm³/mol. The van der Waals surface area contributed by atoms with Gasteiger partial charge in [0, 0.05) is 24.3 Å². The Labute approximate surface area is 140 Å². The lowest BCUT2D eigenvalue weighted by atomic mass is 10.1. The first-order chi connectivity index (χ1) is 11.4. The number of likely N-dealkylation sites (tertiary alicyclic amines) is 1. The predicted octanol–water partition coefficient (Wildman–Crippen LogP) is 2.09. The fraction of sp³-hybridized carbons (Fsp3) is 0.389. The smallest absolute Gasteiger partial charge is 0.308 e. The average molecular weight is 327 g/mol. The summed E-state index contributed by atoms with van der Waals surface area (Å²) in [6.45, 7) is 5.35. The van der Waals surface area contributed by atoms with Crippen molar-refractivity contribution in [3.8, 4) is 0 Å². The Morgan fingerprint density at radius 1 is 1.29 bits per heavy atom. The molecule has 24 heavy (non-hydrogen) atoms. The Morgan fingerprint density at radius 2 is 2.08 bits per heavy atom. The molecule has 3 rings (SSSR count). The number of hydrogen-bond acceptors (Lipinski definition) is 3. The van der Waals surface area contributed by atoms with Crippen LogP contribution in [0.2, 0.25) is 0 Å². The van der Waals surface area contributed by atoms with E-state index in [2.05, 4.69) is 5.10 Å². The molecule has 1 saturated heterocycles. The molecule has 0 saturated carbocycles. The topological polar surface area (TPSA) is 75.4 Å². The van der Waals surface area contributed by atoms with Crippen LogP contribution in [0.15, 0.2) is 30.3 Å². The lowest BCUT2D eigenvalue weighted by molar-refractivity contribution is -0.141. The second-order valence-electron chi connectivity index (χ2n) is 6.36. The van der Waals surface area contributed by atoms with Gasteiger partial charge in [-0.15, -0.1) is 0 Å². The Balaban J connectivity index is 1.74. The van der Waals surface area contributed by atoms with Gasteiger partial charge in [0.1, 0.15) is 0 Å². The van der Waals surface area contributed by atoms with E-state index in [1.54, 1.807) is 11.0 Å². The van der Waals surface area contributed by atoms with Gasteiger partial charge in [0.15, 0.2) is 0 Å². The standard InChI is InChI=1S/C18H21N3O3/c1-12-8-13(2)21(19-12)10-14-4-3-5-15(9-14)17(22)20-7-6-16(11-20)18(23)24/h3-5,8-9,16H,6-7,10-11H2,1-2H3,(H,23,24). The van der Waals surface area contributed by atoms with Crippen LogP contribution >= 0.6 is 0 Å². The first kappa shape index (κ1) is 16.2. The Hall–Kier alpha value is -2.63. The van der Waals surface area contributed by atoms with Gasteiger partial charge in [-0.1, -0.05) is 12.1 Å². The number of carbonyl (C=O) groups excluding carboxylic acids is 1. The maximum Gasteiger partial charge on any atom is 0.308 e. The quantitative estimate of drug-likeness (QED) is 0.933. The third kappa shape index (κ3) is 3.32. The van der Waals surface area contributed by atoms with Gasteiger partial charge in [0.2, 0.25) is 0 Å². The van der Waals surface area contributed by atoms with Gasteiger partial charge < -0.3 is 10.0 Å². The fourth-order valence-corrected chi connectivity index (χ4v) is 3.14. The van der Waals surface area contributed by atoms with Crippen LogP contribution in [0, 0.1) is 19.8 Å². The van der Waals surface area contributed by atoms with Crippen LogP contribution < -0.4 is 0 Å². The molecular weight excluding hydrogens is 306 g/mol. The van der Waals surface area contributed by atoms with Crippen molar-refractivity contribution in [2.24, 2.45) is 5.92 Å². The molecular formula is C18H21N3O3. The summed E-state index contributed by atoms with van der Waals surface area (Å²) in [5, 5.41) is 13.5. The second kappa shape index (κ2) is 6.47. The molecule has 1 aliphatic rings. The van der Waals surface area contributed by atoms with E-state index in [0.717, 1.165) is 17.0 Å². The third-order valence-corrected chi connectivity index (χ3v) is 4.43. The molecule has 0 spiro atoms. The number of aryl methyl sites for hydroxylation is 2. The summed E-state index contributed by atoms with van der Waals surface area (Å²) >= 11 is 0. The van der Waals surface area contributed by atoms with E-state index in [1.165, 1.54) is 0 Å². The van der Waals surface area contributed by atoms with Crippen LogP contribution in [0.25, 0.3) is 0 Å². The van der Waals surface area contributed by atoms with Crippen molar-refractivity contribution in [2.45, 2.75) is 26.8 Å². The van der Waals surface area contributed by atoms with Gasteiger partial charge >= 0.3 is 5.97 Å². The number of benzene rings is 1. The van der Waals surface area contributed by atoms with Gasteiger partial charge in [0.05, 0.1) is 18.2 Å². The van der Waals surface area contributed by atoms with Crippen LogP contribution in [-0.2, 0) is 11.3 Å². The molecule has 1 aromatic carbocycles. The van der Waals surface area contributed by atoms with Gasteiger partial charge in [0.25, 0.3) is 5.91 Å². The number of carboxylic acid groups (broad SMARTS) is 1. The first-order valence-corrected chi connectivity index (χ1v) is 8.06. The number of amides is 1. The number of carboxylic acids is 1. The molecule has 1 fully saturated rings. The maximum atomic E-state index is 12.6. The molecule has 0 bridgehead atoms. The molecule has 1 aromatic heterocycles. The van der Waals surface area contributed by atoms with Crippen LogP contribution in [0.3, 0.4) is 0 Å². The minimum atomic E-state index is -0.830. The minimum Gasteiger partial charge on any atom is -0.481 e. The van der Waals surface area contributed by atoms with E-state index in [4.69, 9.17) is 5.11 Å². The van der Waals surface area contributed by atoms with E-state index in [1.807, 2.05) is 42.8 Å². The molecule has 1 amide bonds. The van der Waals surface area contributed by atoms with Crippen molar-refractivity contribution in [1.82, 2.24) is 14.7 Å². The highest BCUT2D eigenvalue weighted by Crippen LogP contribution is 2.19. The molecule has 0 aliphatic carbocycles. The lowest BCUT2D eigenvalue weighted by Gasteiger charge is -2.16. The first-order valence-electron chi connectivity index (χ1n) is 8.06. The van der Waals surface area contributed by atoms with Crippen molar-refractivity contribution in [3.63, 3.8) is 0 Å². The molecule has 1 unspecified atom stereocenters. The number of hydrogen-bond donors (Lipinski definition) is 1. The van der Waals surface area contributed by atoms with E-state index in [0.29, 0.717) is 25.1 Å².